The lowest BCUT2D eigenvalue weighted by Gasteiger charge is -2.03. The standard InChI is InChI=1S/C15H10N2OS3.CH4O.BH/c18-8-9-3-6-13(20-9)11-5-4-10(12-2-1-7-19-12)14-15(11)17-21-16-14;1-2;/h1-7,18H,8H2;2H,1H3;1H/i;2*1T. The van der Waals surface area contributed by atoms with Gasteiger partial charge in [-0.05, 0) is 24.9 Å². The van der Waals surface area contributed by atoms with E-state index in [1.165, 1.54) is 16.6 Å². The smallest absolute Gasteiger partial charge is 0.114 e. The Bertz CT molecular complexity index is 929. The number of hydrogen-bond acceptors (Lipinski definition) is 7. The Morgan fingerprint density at radius 2 is 1.75 bits per heavy atom. The Hall–Kier alpha value is -1.58. The minimum absolute atomic E-state index is 0.0798. The molecule has 0 spiro atoms. The summed E-state index contributed by atoms with van der Waals surface area (Å²) in [5, 5.41) is 18.5. The van der Waals surface area contributed by atoms with Crippen molar-refractivity contribution in [2.24, 2.45) is 0 Å². The lowest BCUT2D eigenvalue weighted by Crippen LogP contribution is -1.81. The molecule has 0 saturated carbocycles. The van der Waals surface area contributed by atoms with Crippen molar-refractivity contribution < 1.29 is 11.6 Å². The molecule has 4 rings (SSSR count). The highest BCUT2D eigenvalue weighted by Crippen LogP contribution is 2.38. The van der Waals surface area contributed by atoms with Gasteiger partial charge < -0.3 is 10.2 Å². The molecule has 0 fully saturated rings. The van der Waals surface area contributed by atoms with Crippen LogP contribution in [0.5, 0.6) is 0 Å². The van der Waals surface area contributed by atoms with Gasteiger partial charge in [-0.1, -0.05) is 18.2 Å². The third-order valence-electron chi connectivity index (χ3n) is 3.29. The third-order valence-corrected chi connectivity index (χ3v) is 5.82. The Morgan fingerprint density at radius 1 is 1.08 bits per heavy atom. The molecule has 24 heavy (non-hydrogen) atoms. The molecule has 0 unspecified atom stereocenters. The zero-order chi connectivity index (χ0) is 18.9. The lowest BCUT2D eigenvalue weighted by molar-refractivity contribution is 0.285. The summed E-state index contributed by atoms with van der Waals surface area (Å²) in [4.78, 5) is 3.29. The van der Waals surface area contributed by atoms with Crippen molar-refractivity contribution in [1.29, 1.82) is 1.34 Å². The molecule has 3 heterocycles. The number of aliphatic hydroxyl groups excluding tert-OH is 2. The number of rotatable bonds is 3. The molecule has 3 aromatic heterocycles. The van der Waals surface area contributed by atoms with Gasteiger partial charge in [0.1, 0.15) is 11.0 Å². The van der Waals surface area contributed by atoms with Crippen molar-refractivity contribution in [1.82, 2.24) is 8.75 Å². The molecule has 0 aliphatic heterocycles. The Balaban J connectivity index is 0.000000444. The molecule has 0 aliphatic carbocycles. The topological polar surface area (TPSA) is 66.2 Å². The molecule has 0 amide bonds. The molecule has 0 aliphatic rings. The second-order valence-electron chi connectivity index (χ2n) is 4.52. The molecule has 0 bridgehead atoms. The molecular weight excluding hydrogens is 359 g/mol. The van der Waals surface area contributed by atoms with Crippen molar-refractivity contribution >= 4 is 53.8 Å². The molecule has 2 radical (unpaired) electrons. The van der Waals surface area contributed by atoms with E-state index in [9.17, 15) is 5.11 Å². The molecular formula is C16H15BN2O2S3. The van der Waals surface area contributed by atoms with E-state index in [2.05, 4.69) is 40.7 Å². The molecule has 0 saturated heterocycles. The van der Waals surface area contributed by atoms with E-state index >= 15 is 0 Å². The van der Waals surface area contributed by atoms with E-state index in [0.29, 0.717) is 0 Å². The molecule has 8 heteroatoms. The van der Waals surface area contributed by atoms with Crippen molar-refractivity contribution in [3.8, 4) is 20.9 Å². The fourth-order valence-corrected chi connectivity index (χ4v) is 4.52. The summed E-state index contributed by atoms with van der Waals surface area (Å²) in [6.07, 6.45) is 0. The summed E-state index contributed by atoms with van der Waals surface area (Å²) in [7, 11) is 3.25. The zero-order valence-electron chi connectivity index (χ0n) is 14.5. The molecule has 4 aromatic rings. The summed E-state index contributed by atoms with van der Waals surface area (Å²) < 4.78 is 20.0. The molecule has 4 nitrogen and oxygen atoms in total. The van der Waals surface area contributed by atoms with Gasteiger partial charge in [-0.3, -0.25) is 0 Å². The highest BCUT2D eigenvalue weighted by Gasteiger charge is 2.14. The van der Waals surface area contributed by atoms with Crippen LogP contribution in [-0.2, 0) is 6.61 Å². The maximum absolute atomic E-state index is 9.23. The third kappa shape index (κ3) is 3.43. The summed E-state index contributed by atoms with van der Waals surface area (Å²) in [5.41, 5.74) is 4.12. The normalized spacial score (nSPS) is 10.9. The first-order chi connectivity index (χ1) is 12.8. The Kier molecular flexibility index (Phi) is 5.64. The lowest BCUT2D eigenvalue weighted by atomic mass is 10.1. The van der Waals surface area contributed by atoms with Crippen molar-refractivity contribution in [3.63, 3.8) is 0 Å². The monoisotopic (exact) mass is 378 g/mol. The van der Waals surface area contributed by atoms with E-state index in [-0.39, 0.29) is 6.61 Å². The zero-order valence-corrected chi connectivity index (χ0v) is 15.0. The number of hydrogen-bond donors (Lipinski definition) is 2. The highest BCUT2D eigenvalue weighted by atomic mass is 32.1. The maximum Gasteiger partial charge on any atom is 0.114 e. The van der Waals surface area contributed by atoms with Gasteiger partial charge in [0.15, 0.2) is 0 Å². The fourth-order valence-electron chi connectivity index (χ4n) is 2.30. The van der Waals surface area contributed by atoms with Crippen LogP contribution in [-0.4, -0.2) is 35.8 Å². The van der Waals surface area contributed by atoms with Gasteiger partial charge in [-0.25, -0.2) is 0 Å². The van der Waals surface area contributed by atoms with Crippen LogP contribution in [0.15, 0.2) is 41.8 Å². The molecule has 1 aromatic carbocycles. The number of fused-ring (bicyclic) bond motifs is 1. The van der Waals surface area contributed by atoms with Crippen LogP contribution in [0.1, 0.15) is 6.25 Å². The predicted octanol–water partition coefficient (Wildman–Crippen LogP) is 3.60. The fraction of sp³-hybridized carbons (Fsp3) is 0.125. The second-order valence-corrected chi connectivity index (χ2v) is 7.17. The quantitative estimate of drug-likeness (QED) is 0.535. The summed E-state index contributed by atoms with van der Waals surface area (Å²) >= 11 is 4.55. The minimum Gasteiger partial charge on any atom is -0.400 e. The van der Waals surface area contributed by atoms with E-state index in [1.807, 2.05) is 18.2 Å². The van der Waals surface area contributed by atoms with E-state index in [4.69, 9.17) is 7.81 Å². The number of thiophene rings is 2. The van der Waals surface area contributed by atoms with Gasteiger partial charge in [0.25, 0.3) is 0 Å². The number of benzene rings is 1. The minimum atomic E-state index is -0.500. The van der Waals surface area contributed by atoms with Crippen LogP contribution in [0.25, 0.3) is 31.9 Å². The van der Waals surface area contributed by atoms with Gasteiger partial charge in [0.2, 0.25) is 0 Å². The van der Waals surface area contributed by atoms with Crippen molar-refractivity contribution in [2.45, 2.75) is 6.61 Å². The second kappa shape index (κ2) is 8.50. The predicted molar refractivity (Wildman–Crippen MR) is 105 cm³/mol. The highest BCUT2D eigenvalue weighted by molar-refractivity contribution is 7.15. The first-order valence-electron chi connectivity index (χ1n) is 7.96. The number of aliphatic hydroxyl groups is 2. The van der Waals surface area contributed by atoms with Gasteiger partial charge in [0, 0.05) is 41.2 Å². The van der Waals surface area contributed by atoms with Crippen LogP contribution < -0.4 is 0 Å². The average Bonchev–Trinajstić information content (AvgIpc) is 3.44. The number of nitrogens with zero attached hydrogens (tertiary/aromatic N) is 2. The van der Waals surface area contributed by atoms with E-state index in [0.717, 1.165) is 31.9 Å². The Labute approximate surface area is 156 Å². The summed E-state index contributed by atoms with van der Waals surface area (Å²) in [6, 6.07) is 12.4. The first-order valence-corrected chi connectivity index (χ1v) is 9.10. The van der Waals surface area contributed by atoms with E-state index in [1.54, 1.807) is 22.7 Å². The van der Waals surface area contributed by atoms with Gasteiger partial charge in [-0.15, -0.1) is 22.7 Å². The molecule has 0 atom stereocenters. The van der Waals surface area contributed by atoms with Crippen LogP contribution in [0.4, 0.5) is 0 Å². The number of aromatic nitrogens is 2. The average molecular weight is 378 g/mol. The van der Waals surface area contributed by atoms with Crippen LogP contribution in [0, 0.1) is 0 Å². The van der Waals surface area contributed by atoms with Crippen LogP contribution in [0.2, 0.25) is 0 Å². The van der Waals surface area contributed by atoms with Gasteiger partial charge >= 0.3 is 0 Å². The SMILES string of the molecule is OCc1ccc(-c2ccc(-c3cccs3)c3nsnc23)s1.[3H]CO.[3H][B]. The molecule has 122 valence electrons. The van der Waals surface area contributed by atoms with E-state index < -0.39 is 7.09 Å². The Morgan fingerprint density at radius 3 is 2.29 bits per heavy atom. The van der Waals surface area contributed by atoms with Crippen molar-refractivity contribution in [3.05, 3.63) is 46.7 Å². The van der Waals surface area contributed by atoms with Crippen molar-refractivity contribution in [2.75, 3.05) is 7.09 Å². The van der Waals surface area contributed by atoms with Gasteiger partial charge in [-0.2, -0.15) is 8.75 Å². The summed E-state index contributed by atoms with van der Waals surface area (Å²) in [5.74, 6) is 0. The largest absolute Gasteiger partial charge is 0.400 e. The van der Waals surface area contributed by atoms with Crippen LogP contribution in [0.3, 0.4) is 0 Å². The maximum atomic E-state index is 9.23. The first kappa shape index (κ1) is 15.9. The van der Waals surface area contributed by atoms with Crippen LogP contribution >= 0.6 is 34.4 Å². The van der Waals surface area contributed by atoms with Gasteiger partial charge in [0.05, 0.1) is 19.7 Å². The summed E-state index contributed by atoms with van der Waals surface area (Å²) in [6.45, 7) is 0.0798. The molecule has 2 N–H and O–H groups in total.